The molecule has 1 aromatic heterocycles. The molecular formula is C23H32N4OS. The number of piperidine rings is 1. The molecule has 2 aliphatic rings. The van der Waals surface area contributed by atoms with E-state index in [-0.39, 0.29) is 5.91 Å². The molecule has 0 unspecified atom stereocenters. The molecule has 1 aromatic carbocycles. The summed E-state index contributed by atoms with van der Waals surface area (Å²) in [5, 5.41) is 3.33. The van der Waals surface area contributed by atoms with Gasteiger partial charge in [-0.15, -0.1) is 11.3 Å². The Bertz CT molecular complexity index is 777. The predicted octanol–water partition coefficient (Wildman–Crippen LogP) is 3.66. The second-order valence-electron chi connectivity index (χ2n) is 8.43. The van der Waals surface area contributed by atoms with Crippen molar-refractivity contribution in [2.75, 3.05) is 44.2 Å². The van der Waals surface area contributed by atoms with Gasteiger partial charge in [0.1, 0.15) is 0 Å². The molecule has 0 radical (unpaired) electrons. The number of carbonyl (C=O) groups excluding carboxylic acids is 1. The van der Waals surface area contributed by atoms with Crippen molar-refractivity contribution < 1.29 is 4.79 Å². The van der Waals surface area contributed by atoms with E-state index in [9.17, 15) is 4.79 Å². The summed E-state index contributed by atoms with van der Waals surface area (Å²) in [6.07, 6.45) is 4.03. The fourth-order valence-corrected chi connectivity index (χ4v) is 5.03. The van der Waals surface area contributed by atoms with Gasteiger partial charge in [0.15, 0.2) is 5.13 Å². The second kappa shape index (κ2) is 9.72. The van der Waals surface area contributed by atoms with E-state index in [1.54, 1.807) is 11.3 Å². The minimum atomic E-state index is 0.271. The number of aryl methyl sites for hydroxylation is 1. The van der Waals surface area contributed by atoms with Crippen LogP contribution in [0.15, 0.2) is 35.7 Å². The van der Waals surface area contributed by atoms with E-state index < -0.39 is 0 Å². The molecule has 0 spiro atoms. The number of hydrogen-bond acceptors (Lipinski definition) is 5. The molecule has 6 heteroatoms. The van der Waals surface area contributed by atoms with E-state index in [1.165, 1.54) is 37.2 Å². The number of thiazole rings is 1. The average Bonchev–Trinajstić information content (AvgIpc) is 3.23. The number of piperazine rings is 1. The van der Waals surface area contributed by atoms with Gasteiger partial charge in [-0.25, -0.2) is 4.98 Å². The fourth-order valence-electron chi connectivity index (χ4n) is 4.16. The number of aromatic nitrogens is 1. The lowest BCUT2D eigenvalue weighted by atomic mass is 9.99. The van der Waals surface area contributed by atoms with Crippen molar-refractivity contribution in [3.05, 3.63) is 47.0 Å². The van der Waals surface area contributed by atoms with Gasteiger partial charge in [0, 0.05) is 44.5 Å². The highest BCUT2D eigenvalue weighted by Gasteiger charge is 2.23. The SMILES string of the molecule is CC1CCN(Cc2csc(N3CCN(C(=O)CCc4ccccc4)CC3)n2)CC1. The van der Waals surface area contributed by atoms with Crippen LogP contribution in [-0.2, 0) is 17.8 Å². The van der Waals surface area contributed by atoms with Crippen LogP contribution in [0.1, 0.15) is 37.4 Å². The van der Waals surface area contributed by atoms with Crippen molar-refractivity contribution in [3.63, 3.8) is 0 Å². The maximum Gasteiger partial charge on any atom is 0.223 e. The average molecular weight is 413 g/mol. The van der Waals surface area contributed by atoms with Gasteiger partial charge in [-0.1, -0.05) is 37.3 Å². The first kappa shape index (κ1) is 20.4. The number of carbonyl (C=O) groups is 1. The number of benzene rings is 1. The number of anilines is 1. The number of likely N-dealkylation sites (tertiary alicyclic amines) is 1. The minimum absolute atomic E-state index is 0.271. The van der Waals surface area contributed by atoms with Gasteiger partial charge in [0.2, 0.25) is 5.91 Å². The molecule has 0 bridgehead atoms. The standard InChI is InChI=1S/C23H32N4OS/c1-19-9-11-25(12-10-19)17-21-18-29-23(24-21)27-15-13-26(14-16-27)22(28)8-7-20-5-3-2-4-6-20/h2-6,18-19H,7-17H2,1H3. The largest absolute Gasteiger partial charge is 0.345 e. The van der Waals surface area contributed by atoms with Crippen molar-refractivity contribution in [3.8, 4) is 0 Å². The van der Waals surface area contributed by atoms with Crippen molar-refractivity contribution >= 4 is 22.4 Å². The van der Waals surface area contributed by atoms with Gasteiger partial charge in [-0.3, -0.25) is 9.69 Å². The fraction of sp³-hybridized carbons (Fsp3) is 0.565. The van der Waals surface area contributed by atoms with Crippen LogP contribution in [0.2, 0.25) is 0 Å². The summed E-state index contributed by atoms with van der Waals surface area (Å²) in [4.78, 5) is 24.3. The smallest absolute Gasteiger partial charge is 0.223 e. The van der Waals surface area contributed by atoms with Crippen LogP contribution in [0.3, 0.4) is 0 Å². The number of amides is 1. The summed E-state index contributed by atoms with van der Waals surface area (Å²) in [7, 11) is 0. The van der Waals surface area contributed by atoms with E-state index in [0.29, 0.717) is 6.42 Å². The Hall–Kier alpha value is -1.92. The third kappa shape index (κ3) is 5.58. The van der Waals surface area contributed by atoms with E-state index in [0.717, 1.165) is 50.2 Å². The Morgan fingerprint density at radius 2 is 1.79 bits per heavy atom. The van der Waals surface area contributed by atoms with Gasteiger partial charge >= 0.3 is 0 Å². The third-order valence-corrected chi connectivity index (χ3v) is 7.12. The molecular weight excluding hydrogens is 380 g/mol. The van der Waals surface area contributed by atoms with E-state index >= 15 is 0 Å². The minimum Gasteiger partial charge on any atom is -0.345 e. The zero-order valence-electron chi connectivity index (χ0n) is 17.4. The van der Waals surface area contributed by atoms with Crippen molar-refractivity contribution in [1.29, 1.82) is 0 Å². The molecule has 2 saturated heterocycles. The van der Waals surface area contributed by atoms with Crippen LogP contribution < -0.4 is 4.90 Å². The molecule has 1 amide bonds. The molecule has 0 N–H and O–H groups in total. The molecule has 2 aliphatic heterocycles. The third-order valence-electron chi connectivity index (χ3n) is 6.17. The first-order valence-electron chi connectivity index (χ1n) is 10.9. The van der Waals surface area contributed by atoms with Crippen LogP contribution in [0.5, 0.6) is 0 Å². The number of hydrogen-bond donors (Lipinski definition) is 0. The molecule has 4 rings (SSSR count). The molecule has 2 aromatic rings. The van der Waals surface area contributed by atoms with Crippen LogP contribution >= 0.6 is 11.3 Å². The van der Waals surface area contributed by atoms with Crippen LogP contribution in [-0.4, -0.2) is 60.0 Å². The quantitative estimate of drug-likeness (QED) is 0.726. The Labute approximate surface area is 178 Å². The Morgan fingerprint density at radius 1 is 1.07 bits per heavy atom. The van der Waals surface area contributed by atoms with Gasteiger partial charge in [-0.05, 0) is 43.8 Å². The summed E-state index contributed by atoms with van der Waals surface area (Å²) in [6.45, 7) is 9.07. The van der Waals surface area contributed by atoms with Gasteiger partial charge < -0.3 is 9.80 Å². The maximum atomic E-state index is 12.6. The molecule has 5 nitrogen and oxygen atoms in total. The lowest BCUT2D eigenvalue weighted by Crippen LogP contribution is -2.48. The molecule has 29 heavy (non-hydrogen) atoms. The van der Waals surface area contributed by atoms with Gasteiger partial charge in [0.05, 0.1) is 5.69 Å². The first-order valence-corrected chi connectivity index (χ1v) is 11.8. The topological polar surface area (TPSA) is 39.7 Å². The monoisotopic (exact) mass is 412 g/mol. The summed E-state index contributed by atoms with van der Waals surface area (Å²) in [6, 6.07) is 10.3. The van der Waals surface area contributed by atoms with Gasteiger partial charge in [-0.2, -0.15) is 0 Å². The molecule has 156 valence electrons. The Morgan fingerprint density at radius 3 is 2.52 bits per heavy atom. The molecule has 0 atom stereocenters. The maximum absolute atomic E-state index is 12.6. The molecule has 0 saturated carbocycles. The van der Waals surface area contributed by atoms with E-state index in [2.05, 4.69) is 34.2 Å². The Kier molecular flexibility index (Phi) is 6.82. The highest BCUT2D eigenvalue weighted by molar-refractivity contribution is 7.13. The first-order chi connectivity index (χ1) is 14.2. The normalized spacial score (nSPS) is 18.9. The van der Waals surface area contributed by atoms with Crippen LogP contribution in [0.25, 0.3) is 0 Å². The van der Waals surface area contributed by atoms with E-state index in [4.69, 9.17) is 4.98 Å². The number of rotatable bonds is 6. The highest BCUT2D eigenvalue weighted by Crippen LogP contribution is 2.24. The van der Waals surface area contributed by atoms with Crippen molar-refractivity contribution in [2.24, 2.45) is 5.92 Å². The molecule has 0 aliphatic carbocycles. The summed E-state index contributed by atoms with van der Waals surface area (Å²) in [5.41, 5.74) is 2.43. The predicted molar refractivity (Wildman–Crippen MR) is 119 cm³/mol. The number of nitrogens with zero attached hydrogens (tertiary/aromatic N) is 4. The van der Waals surface area contributed by atoms with Crippen molar-refractivity contribution in [1.82, 2.24) is 14.8 Å². The second-order valence-corrected chi connectivity index (χ2v) is 9.27. The lowest BCUT2D eigenvalue weighted by Gasteiger charge is -2.34. The lowest BCUT2D eigenvalue weighted by molar-refractivity contribution is -0.131. The van der Waals surface area contributed by atoms with Gasteiger partial charge in [0.25, 0.3) is 0 Å². The zero-order valence-corrected chi connectivity index (χ0v) is 18.2. The van der Waals surface area contributed by atoms with E-state index in [1.807, 2.05) is 23.1 Å². The molecule has 3 heterocycles. The zero-order chi connectivity index (χ0) is 20.1. The van der Waals surface area contributed by atoms with Crippen LogP contribution in [0.4, 0.5) is 5.13 Å². The summed E-state index contributed by atoms with van der Waals surface area (Å²) < 4.78 is 0. The van der Waals surface area contributed by atoms with Crippen molar-refractivity contribution in [2.45, 2.75) is 39.2 Å². The molecule has 2 fully saturated rings. The van der Waals surface area contributed by atoms with Crippen LogP contribution in [0, 0.1) is 5.92 Å². The summed E-state index contributed by atoms with van der Waals surface area (Å²) >= 11 is 1.75. The highest BCUT2D eigenvalue weighted by atomic mass is 32.1. The Balaban J connectivity index is 1.22. The summed E-state index contributed by atoms with van der Waals surface area (Å²) in [5.74, 6) is 1.14.